The third kappa shape index (κ3) is 5.84. The second-order valence-corrected chi connectivity index (χ2v) is 9.75. The number of fused-ring (bicyclic) bond motifs is 1. The first-order valence-corrected chi connectivity index (χ1v) is 12.1. The van der Waals surface area contributed by atoms with Crippen LogP contribution in [-0.4, -0.2) is 74.2 Å². The fourth-order valence-corrected chi connectivity index (χ4v) is 5.02. The zero-order chi connectivity index (χ0) is 24.4. The number of anilines is 2. The smallest absolute Gasteiger partial charge is 0.293 e. The van der Waals surface area contributed by atoms with Gasteiger partial charge in [-0.2, -0.15) is 0 Å². The molecule has 0 N–H and O–H groups in total. The Labute approximate surface area is 218 Å². The molecule has 4 rings (SSSR count). The average Bonchev–Trinajstić information content (AvgIpc) is 3.26. The molecule has 0 atom stereocenters. The number of nitro benzene ring substituents is 1. The minimum atomic E-state index is -0.436. The van der Waals surface area contributed by atoms with Gasteiger partial charge in [-0.15, -0.1) is 12.4 Å². The summed E-state index contributed by atoms with van der Waals surface area (Å²) in [5.74, 6) is -0.332. The van der Waals surface area contributed by atoms with Crippen LogP contribution in [0.15, 0.2) is 30.3 Å². The summed E-state index contributed by atoms with van der Waals surface area (Å²) in [4.78, 5) is 35.3. The number of nitro groups is 1. The van der Waals surface area contributed by atoms with E-state index in [4.69, 9.17) is 21.3 Å². The first-order chi connectivity index (χ1) is 16.3. The number of rotatable bonds is 7. The van der Waals surface area contributed by atoms with Crippen LogP contribution in [0.25, 0.3) is 10.2 Å². The fraction of sp³-hybridized carbons (Fsp3) is 0.391. The highest BCUT2D eigenvalue weighted by atomic mass is 35.5. The maximum Gasteiger partial charge on any atom is 0.293 e. The maximum absolute atomic E-state index is 13.6. The highest BCUT2D eigenvalue weighted by Gasteiger charge is 2.27. The van der Waals surface area contributed by atoms with Gasteiger partial charge < -0.3 is 14.5 Å². The monoisotopic (exact) mass is 539 g/mol. The zero-order valence-corrected chi connectivity index (χ0v) is 22.1. The van der Waals surface area contributed by atoms with Crippen LogP contribution in [0.3, 0.4) is 0 Å². The SMILES string of the molecule is Cc1c(Cl)ccc2sc(N(CCN(C)C)C(=O)c3ccc(N4CCOCC4)c([N+](=O)[O-])c3)nc12.Cl. The first kappa shape index (κ1) is 27.1. The van der Waals surface area contributed by atoms with Crippen LogP contribution in [0.5, 0.6) is 0 Å². The Balaban J connectivity index is 0.00000342. The second kappa shape index (κ2) is 11.5. The molecule has 1 aromatic heterocycles. The molecule has 1 amide bonds. The largest absolute Gasteiger partial charge is 0.378 e. The van der Waals surface area contributed by atoms with E-state index in [0.717, 1.165) is 15.8 Å². The molecule has 188 valence electrons. The Kier molecular flexibility index (Phi) is 8.89. The van der Waals surface area contributed by atoms with Crippen LogP contribution in [-0.2, 0) is 4.74 Å². The quantitative estimate of drug-likeness (QED) is 0.319. The lowest BCUT2D eigenvalue weighted by atomic mass is 10.1. The number of aryl methyl sites for hydroxylation is 1. The van der Waals surface area contributed by atoms with Gasteiger partial charge in [0.05, 0.1) is 28.4 Å². The topological polar surface area (TPSA) is 92.0 Å². The van der Waals surface area contributed by atoms with Crippen molar-refractivity contribution >= 4 is 68.0 Å². The molecule has 0 aliphatic carbocycles. The third-order valence-corrected chi connectivity index (χ3v) is 7.21. The number of morpholine rings is 1. The summed E-state index contributed by atoms with van der Waals surface area (Å²) in [6.07, 6.45) is 0. The second-order valence-electron chi connectivity index (χ2n) is 8.34. The van der Waals surface area contributed by atoms with Crippen molar-refractivity contribution in [2.24, 2.45) is 0 Å². The molecular weight excluding hydrogens is 513 g/mol. The van der Waals surface area contributed by atoms with Crippen LogP contribution in [0, 0.1) is 17.0 Å². The van der Waals surface area contributed by atoms with Gasteiger partial charge in [-0.05, 0) is 50.8 Å². The van der Waals surface area contributed by atoms with Gasteiger partial charge in [-0.25, -0.2) is 4.98 Å². The normalized spacial score (nSPS) is 13.7. The molecule has 9 nitrogen and oxygen atoms in total. The Morgan fingerprint density at radius 2 is 1.94 bits per heavy atom. The van der Waals surface area contributed by atoms with Gasteiger partial charge in [0, 0.05) is 42.8 Å². The minimum absolute atomic E-state index is 0. The molecule has 0 radical (unpaired) electrons. The molecule has 0 spiro atoms. The summed E-state index contributed by atoms with van der Waals surface area (Å²) < 4.78 is 6.28. The number of hydrogen-bond acceptors (Lipinski definition) is 8. The molecule has 1 fully saturated rings. The molecule has 35 heavy (non-hydrogen) atoms. The van der Waals surface area contributed by atoms with Gasteiger partial charge in [0.25, 0.3) is 11.6 Å². The van der Waals surface area contributed by atoms with Crippen molar-refractivity contribution < 1.29 is 14.5 Å². The summed E-state index contributed by atoms with van der Waals surface area (Å²) in [5, 5.41) is 13.0. The molecule has 2 heterocycles. The number of nitrogens with zero attached hydrogens (tertiary/aromatic N) is 5. The number of carbonyl (C=O) groups is 1. The zero-order valence-electron chi connectivity index (χ0n) is 19.7. The van der Waals surface area contributed by atoms with E-state index in [-0.39, 0.29) is 29.6 Å². The highest BCUT2D eigenvalue weighted by molar-refractivity contribution is 7.22. The molecular formula is C23H27Cl2N5O4S. The summed E-state index contributed by atoms with van der Waals surface area (Å²) in [6, 6.07) is 8.38. The number of hydrogen-bond donors (Lipinski definition) is 0. The van der Waals surface area contributed by atoms with Crippen molar-refractivity contribution in [3.63, 3.8) is 0 Å². The Bertz CT molecular complexity index is 1230. The van der Waals surface area contributed by atoms with Crippen molar-refractivity contribution in [1.82, 2.24) is 9.88 Å². The number of benzene rings is 2. The maximum atomic E-state index is 13.6. The molecule has 1 aliphatic rings. The van der Waals surface area contributed by atoms with Crippen LogP contribution < -0.4 is 9.80 Å². The number of likely N-dealkylation sites (N-methyl/N-ethyl adjacent to an activating group) is 1. The lowest BCUT2D eigenvalue weighted by Gasteiger charge is -2.28. The number of ether oxygens (including phenoxy) is 1. The van der Waals surface area contributed by atoms with Crippen molar-refractivity contribution in [2.75, 3.05) is 63.3 Å². The standard InChI is InChI=1S/C23H26ClN5O4S.ClH/c1-15-17(24)5-7-20-21(15)25-23(34-20)28(9-8-26(2)3)22(30)16-4-6-18(19(14-16)29(31)32)27-10-12-33-13-11-27;/h4-7,14H,8-13H2,1-3H3;1H. The van der Waals surface area contributed by atoms with E-state index in [1.165, 1.54) is 17.4 Å². The van der Waals surface area contributed by atoms with E-state index in [1.54, 1.807) is 17.0 Å². The summed E-state index contributed by atoms with van der Waals surface area (Å²) in [5.41, 5.74) is 2.26. The van der Waals surface area contributed by atoms with Gasteiger partial charge in [0.2, 0.25) is 0 Å². The summed E-state index contributed by atoms with van der Waals surface area (Å²) >= 11 is 7.67. The molecule has 1 saturated heterocycles. The number of thiazole rings is 1. The molecule has 1 aliphatic heterocycles. The molecule has 12 heteroatoms. The lowest BCUT2D eigenvalue weighted by molar-refractivity contribution is -0.384. The molecule has 0 bridgehead atoms. The Morgan fingerprint density at radius 3 is 2.60 bits per heavy atom. The Morgan fingerprint density at radius 1 is 1.23 bits per heavy atom. The van der Waals surface area contributed by atoms with Gasteiger partial charge >= 0.3 is 0 Å². The van der Waals surface area contributed by atoms with Gasteiger partial charge in [-0.1, -0.05) is 22.9 Å². The number of carbonyl (C=O) groups excluding carboxylic acids is 1. The summed E-state index contributed by atoms with van der Waals surface area (Å²) in [7, 11) is 3.85. The van der Waals surface area contributed by atoms with E-state index >= 15 is 0 Å². The predicted molar refractivity (Wildman–Crippen MR) is 143 cm³/mol. The number of amides is 1. The van der Waals surface area contributed by atoms with E-state index in [2.05, 4.69) is 0 Å². The predicted octanol–water partition coefficient (Wildman–Crippen LogP) is 4.63. The van der Waals surface area contributed by atoms with E-state index in [9.17, 15) is 14.9 Å². The van der Waals surface area contributed by atoms with Gasteiger partial charge in [-0.3, -0.25) is 19.8 Å². The molecule has 3 aromatic rings. The highest BCUT2D eigenvalue weighted by Crippen LogP contribution is 2.35. The Hall–Kier alpha value is -2.50. The van der Waals surface area contributed by atoms with Crippen molar-refractivity contribution in [1.29, 1.82) is 0 Å². The number of aromatic nitrogens is 1. The van der Waals surface area contributed by atoms with E-state index in [1.807, 2.05) is 43.0 Å². The van der Waals surface area contributed by atoms with Crippen LogP contribution in [0.2, 0.25) is 5.02 Å². The van der Waals surface area contributed by atoms with Gasteiger partial charge in [0.15, 0.2) is 5.13 Å². The van der Waals surface area contributed by atoms with E-state index < -0.39 is 4.92 Å². The lowest BCUT2D eigenvalue weighted by Crippen LogP contribution is -2.37. The fourth-order valence-electron chi connectivity index (χ4n) is 3.82. The van der Waals surface area contributed by atoms with Crippen molar-refractivity contribution in [2.45, 2.75) is 6.92 Å². The van der Waals surface area contributed by atoms with Crippen LogP contribution in [0.1, 0.15) is 15.9 Å². The van der Waals surface area contributed by atoms with Crippen LogP contribution in [0.4, 0.5) is 16.5 Å². The van der Waals surface area contributed by atoms with E-state index in [0.29, 0.717) is 55.2 Å². The molecule has 0 unspecified atom stereocenters. The molecule has 2 aromatic carbocycles. The van der Waals surface area contributed by atoms with Crippen molar-refractivity contribution in [3.8, 4) is 0 Å². The van der Waals surface area contributed by atoms with Crippen molar-refractivity contribution in [3.05, 3.63) is 56.6 Å². The average molecular weight is 540 g/mol. The van der Waals surface area contributed by atoms with Gasteiger partial charge in [0.1, 0.15) is 5.69 Å². The van der Waals surface area contributed by atoms with Crippen LogP contribution >= 0.6 is 35.3 Å². The summed E-state index contributed by atoms with van der Waals surface area (Å²) in [6.45, 7) is 5.04. The number of halogens is 2. The first-order valence-electron chi connectivity index (χ1n) is 10.9. The third-order valence-electron chi connectivity index (χ3n) is 5.75. The molecule has 0 saturated carbocycles. The minimum Gasteiger partial charge on any atom is -0.378 e.